The van der Waals surface area contributed by atoms with Crippen molar-refractivity contribution in [2.24, 2.45) is 0 Å². The molecule has 0 saturated carbocycles. The molecule has 7 heteroatoms. The Labute approximate surface area is 144 Å². The van der Waals surface area contributed by atoms with Gasteiger partial charge in [0, 0.05) is 6.54 Å². The van der Waals surface area contributed by atoms with E-state index in [9.17, 15) is 14.3 Å². The molecule has 1 aliphatic rings. The summed E-state index contributed by atoms with van der Waals surface area (Å²) in [5.74, 6) is 0.990. The summed E-state index contributed by atoms with van der Waals surface area (Å²) in [5.41, 5.74) is 0.695. The fourth-order valence-electron chi connectivity index (χ4n) is 2.37. The predicted molar refractivity (Wildman–Crippen MR) is 87.0 cm³/mol. The zero-order chi connectivity index (χ0) is 17.6. The van der Waals surface area contributed by atoms with Gasteiger partial charge in [-0.2, -0.15) is 0 Å². The Morgan fingerprint density at radius 2 is 1.96 bits per heavy atom. The molecule has 0 saturated heterocycles. The summed E-state index contributed by atoms with van der Waals surface area (Å²) in [7, 11) is 0. The van der Waals surface area contributed by atoms with Crippen LogP contribution >= 0.6 is 0 Å². The number of nitrogens with one attached hydrogen (secondary N) is 1. The van der Waals surface area contributed by atoms with E-state index in [1.807, 2.05) is 0 Å². The third-order valence-corrected chi connectivity index (χ3v) is 3.70. The van der Waals surface area contributed by atoms with Crippen molar-refractivity contribution in [3.05, 3.63) is 53.8 Å². The van der Waals surface area contributed by atoms with E-state index in [2.05, 4.69) is 5.32 Å². The number of fused-ring (bicyclic) bond motifs is 1. The van der Waals surface area contributed by atoms with Gasteiger partial charge in [0.1, 0.15) is 11.6 Å². The van der Waals surface area contributed by atoms with Gasteiger partial charge in [-0.25, -0.2) is 4.39 Å². The summed E-state index contributed by atoms with van der Waals surface area (Å²) >= 11 is 0. The number of halogens is 1. The van der Waals surface area contributed by atoms with Crippen molar-refractivity contribution < 1.29 is 28.5 Å². The number of hydrogen-bond acceptors (Lipinski definition) is 5. The van der Waals surface area contributed by atoms with Gasteiger partial charge in [-0.1, -0.05) is 6.07 Å². The van der Waals surface area contributed by atoms with Crippen LogP contribution in [-0.4, -0.2) is 31.0 Å². The molecule has 0 aliphatic carbocycles. The lowest BCUT2D eigenvalue weighted by Gasteiger charge is -2.12. The van der Waals surface area contributed by atoms with E-state index in [-0.39, 0.29) is 25.1 Å². The normalized spacial score (nSPS) is 13.4. The van der Waals surface area contributed by atoms with Crippen LogP contribution in [0.2, 0.25) is 0 Å². The maximum Gasteiger partial charge on any atom is 0.257 e. The van der Waals surface area contributed by atoms with Crippen LogP contribution in [0.3, 0.4) is 0 Å². The van der Waals surface area contributed by atoms with Gasteiger partial charge in [0.15, 0.2) is 18.1 Å². The number of aliphatic hydroxyl groups is 1. The molecule has 3 rings (SSSR count). The minimum Gasteiger partial charge on any atom is -0.484 e. The van der Waals surface area contributed by atoms with Gasteiger partial charge in [-0.3, -0.25) is 4.79 Å². The highest BCUT2D eigenvalue weighted by Crippen LogP contribution is 2.34. The summed E-state index contributed by atoms with van der Waals surface area (Å²) in [5, 5.41) is 12.8. The Morgan fingerprint density at radius 1 is 1.20 bits per heavy atom. The minimum atomic E-state index is -0.729. The zero-order valence-electron chi connectivity index (χ0n) is 13.4. The average Bonchev–Trinajstić information content (AvgIpc) is 3.09. The third kappa shape index (κ3) is 4.60. The van der Waals surface area contributed by atoms with Gasteiger partial charge in [0.25, 0.3) is 5.91 Å². The van der Waals surface area contributed by atoms with Crippen molar-refractivity contribution in [3.8, 4) is 17.2 Å². The van der Waals surface area contributed by atoms with E-state index < -0.39 is 6.10 Å². The summed E-state index contributed by atoms with van der Waals surface area (Å²) in [6.45, 7) is 0.298. The van der Waals surface area contributed by atoms with Crippen molar-refractivity contribution in [3.63, 3.8) is 0 Å². The van der Waals surface area contributed by atoms with Gasteiger partial charge in [0.05, 0.1) is 6.10 Å². The Morgan fingerprint density at radius 3 is 2.76 bits per heavy atom. The number of ether oxygens (including phenoxy) is 3. The summed E-state index contributed by atoms with van der Waals surface area (Å²) in [6.07, 6.45) is -0.380. The molecular weight excluding hydrogens is 329 g/mol. The van der Waals surface area contributed by atoms with Gasteiger partial charge in [-0.15, -0.1) is 0 Å². The molecule has 0 aromatic heterocycles. The van der Waals surface area contributed by atoms with Gasteiger partial charge >= 0.3 is 0 Å². The first-order chi connectivity index (χ1) is 12.1. The first-order valence-electron chi connectivity index (χ1n) is 7.84. The Kier molecular flexibility index (Phi) is 5.35. The SMILES string of the molecule is O=C(COc1ccc(F)cc1)NCCC(O)c1ccc2c(c1)OCO2. The fourth-order valence-corrected chi connectivity index (χ4v) is 2.37. The van der Waals surface area contributed by atoms with Crippen molar-refractivity contribution in [2.75, 3.05) is 19.9 Å². The van der Waals surface area contributed by atoms with E-state index in [4.69, 9.17) is 14.2 Å². The van der Waals surface area contributed by atoms with E-state index in [0.29, 0.717) is 35.8 Å². The third-order valence-electron chi connectivity index (χ3n) is 3.70. The lowest BCUT2D eigenvalue weighted by atomic mass is 10.1. The first-order valence-corrected chi connectivity index (χ1v) is 7.84. The molecule has 2 aromatic rings. The highest BCUT2D eigenvalue weighted by Gasteiger charge is 2.16. The molecule has 0 spiro atoms. The van der Waals surface area contributed by atoms with Crippen LogP contribution in [0.5, 0.6) is 17.2 Å². The Hall–Kier alpha value is -2.80. The molecule has 1 amide bonds. The van der Waals surface area contributed by atoms with Crippen LogP contribution in [0.25, 0.3) is 0 Å². The molecule has 2 N–H and O–H groups in total. The number of benzene rings is 2. The van der Waals surface area contributed by atoms with Crippen LogP contribution in [0, 0.1) is 5.82 Å². The number of aliphatic hydroxyl groups excluding tert-OH is 1. The molecule has 0 radical (unpaired) electrons. The Bertz CT molecular complexity index is 735. The molecule has 1 atom stereocenters. The van der Waals surface area contributed by atoms with E-state index >= 15 is 0 Å². The molecule has 6 nitrogen and oxygen atoms in total. The monoisotopic (exact) mass is 347 g/mol. The molecule has 2 aromatic carbocycles. The maximum absolute atomic E-state index is 12.8. The molecule has 1 unspecified atom stereocenters. The highest BCUT2D eigenvalue weighted by molar-refractivity contribution is 5.77. The number of rotatable bonds is 7. The average molecular weight is 347 g/mol. The fraction of sp³-hybridized carbons (Fsp3) is 0.278. The second-order valence-corrected chi connectivity index (χ2v) is 5.51. The molecule has 25 heavy (non-hydrogen) atoms. The van der Waals surface area contributed by atoms with Gasteiger partial charge < -0.3 is 24.6 Å². The van der Waals surface area contributed by atoms with E-state index in [0.717, 1.165) is 0 Å². The summed E-state index contributed by atoms with van der Waals surface area (Å²) in [4.78, 5) is 11.7. The summed E-state index contributed by atoms with van der Waals surface area (Å²) < 4.78 is 28.5. The van der Waals surface area contributed by atoms with Crippen molar-refractivity contribution in [2.45, 2.75) is 12.5 Å². The topological polar surface area (TPSA) is 77.0 Å². The largest absolute Gasteiger partial charge is 0.484 e. The Balaban J connectivity index is 1.39. The molecule has 0 fully saturated rings. The molecule has 1 aliphatic heterocycles. The van der Waals surface area contributed by atoms with Crippen LogP contribution in [0.1, 0.15) is 18.1 Å². The highest BCUT2D eigenvalue weighted by atomic mass is 19.1. The minimum absolute atomic E-state index is 0.175. The van der Waals surface area contributed by atoms with Gasteiger partial charge in [-0.05, 0) is 48.4 Å². The van der Waals surface area contributed by atoms with Crippen molar-refractivity contribution >= 4 is 5.91 Å². The van der Waals surface area contributed by atoms with E-state index in [1.165, 1.54) is 24.3 Å². The predicted octanol–water partition coefficient (Wildman–Crippen LogP) is 2.17. The zero-order valence-corrected chi connectivity index (χ0v) is 13.4. The molecular formula is C18H18FNO5. The van der Waals surface area contributed by atoms with Crippen molar-refractivity contribution in [1.29, 1.82) is 0 Å². The van der Waals surface area contributed by atoms with E-state index in [1.54, 1.807) is 18.2 Å². The van der Waals surface area contributed by atoms with Crippen molar-refractivity contribution in [1.82, 2.24) is 5.32 Å². The lowest BCUT2D eigenvalue weighted by molar-refractivity contribution is -0.123. The van der Waals surface area contributed by atoms with Crippen LogP contribution in [0.15, 0.2) is 42.5 Å². The number of amides is 1. The maximum atomic E-state index is 12.8. The number of carbonyl (C=O) groups is 1. The second-order valence-electron chi connectivity index (χ2n) is 5.51. The first kappa shape index (κ1) is 17.0. The lowest BCUT2D eigenvalue weighted by Crippen LogP contribution is -2.30. The van der Waals surface area contributed by atoms with Gasteiger partial charge in [0.2, 0.25) is 6.79 Å². The number of carbonyl (C=O) groups excluding carboxylic acids is 1. The standard InChI is InChI=1S/C18H18FNO5/c19-13-2-4-14(5-3-13)23-10-18(22)20-8-7-15(21)12-1-6-16-17(9-12)25-11-24-16/h1-6,9,15,21H,7-8,10-11H2,(H,20,22). The smallest absolute Gasteiger partial charge is 0.257 e. The molecule has 132 valence electrons. The quantitative estimate of drug-likeness (QED) is 0.803. The molecule has 0 bridgehead atoms. The van der Waals surface area contributed by atoms with Crippen LogP contribution in [0.4, 0.5) is 4.39 Å². The summed E-state index contributed by atoms with van der Waals surface area (Å²) in [6, 6.07) is 10.7. The number of hydrogen-bond donors (Lipinski definition) is 2. The molecule has 1 heterocycles. The van der Waals surface area contributed by atoms with Crippen LogP contribution in [-0.2, 0) is 4.79 Å². The second kappa shape index (κ2) is 7.85. The van der Waals surface area contributed by atoms with Crippen LogP contribution < -0.4 is 19.5 Å².